The first-order chi connectivity index (χ1) is 13.4. The molecule has 2 aromatic carbocycles. The van der Waals surface area contributed by atoms with E-state index in [0.717, 1.165) is 5.56 Å². The molecule has 0 amide bonds. The number of hydrogen-bond acceptors (Lipinski definition) is 8. The first-order valence-electron chi connectivity index (χ1n) is 8.13. The Labute approximate surface area is 170 Å². The highest BCUT2D eigenvalue weighted by Crippen LogP contribution is 2.32. The topological polar surface area (TPSA) is 155 Å². The van der Waals surface area contributed by atoms with Crippen LogP contribution in [0.1, 0.15) is 5.56 Å². The molecular weight excluding hydrogens is 404 g/mol. The van der Waals surface area contributed by atoms with E-state index in [9.17, 15) is 14.9 Å². The normalized spacial score (nSPS) is 11.4. The highest BCUT2D eigenvalue weighted by Gasteiger charge is 2.19. The number of aliphatic carboxylic acids is 1. The number of nitrogens with zero attached hydrogens (tertiary/aromatic N) is 3. The molecule has 0 unspecified atom stereocenters. The van der Waals surface area contributed by atoms with Gasteiger partial charge in [0.1, 0.15) is 6.04 Å². The van der Waals surface area contributed by atoms with E-state index in [0.29, 0.717) is 17.0 Å². The molecule has 1 heterocycles. The first kappa shape index (κ1) is 21.8. The number of carboxylic acid groups (broad SMARTS) is 1. The maximum absolute atomic E-state index is 11.2. The Kier molecular flexibility index (Phi) is 6.86. The highest BCUT2D eigenvalue weighted by molar-refractivity contribution is 5.85. The number of carboxylic acids is 1. The van der Waals surface area contributed by atoms with Crippen molar-refractivity contribution in [3.05, 3.63) is 58.1 Å². The summed E-state index contributed by atoms with van der Waals surface area (Å²) in [4.78, 5) is 25.7. The molecule has 0 saturated carbocycles. The summed E-state index contributed by atoms with van der Waals surface area (Å²) in [6.07, 6.45) is 0.197. The third-order valence-corrected chi connectivity index (χ3v) is 4.03. The van der Waals surface area contributed by atoms with Crippen LogP contribution in [0.4, 0.5) is 5.69 Å². The van der Waals surface area contributed by atoms with Gasteiger partial charge in [-0.05, 0) is 24.1 Å². The van der Waals surface area contributed by atoms with Crippen LogP contribution in [0.3, 0.4) is 0 Å². The molecule has 0 aliphatic rings. The van der Waals surface area contributed by atoms with E-state index >= 15 is 0 Å². The Morgan fingerprint density at radius 1 is 1.28 bits per heavy atom. The lowest BCUT2D eigenvalue weighted by atomic mass is 10.0. The number of nitrogens with two attached hydrogens (primary N) is 1. The van der Waals surface area contributed by atoms with Crippen LogP contribution in [-0.2, 0) is 11.2 Å². The van der Waals surface area contributed by atoms with Crippen LogP contribution in [0.5, 0.6) is 5.75 Å². The standard InChI is InChI=1S/C18H16N4O6.ClH/c1-27-15-7-6-12(9-14(15)22(25)26)17-20-16(21-28-17)11-4-2-10(3-5-11)8-13(19)18(23)24;/h2-7,9,13H,8,19H2,1H3,(H,23,24);1H/t13-;/m0./s1. The van der Waals surface area contributed by atoms with E-state index in [-0.39, 0.29) is 36.2 Å². The summed E-state index contributed by atoms with van der Waals surface area (Å²) in [7, 11) is 1.35. The number of hydrogen-bond donors (Lipinski definition) is 2. The molecular formula is C18H17ClN4O6. The minimum atomic E-state index is -1.07. The summed E-state index contributed by atoms with van der Waals surface area (Å²) in [6.45, 7) is 0. The molecule has 0 aliphatic carbocycles. The molecule has 152 valence electrons. The average molecular weight is 421 g/mol. The molecule has 0 fully saturated rings. The summed E-state index contributed by atoms with van der Waals surface area (Å²) in [5.41, 5.74) is 7.10. The van der Waals surface area contributed by atoms with Crippen molar-refractivity contribution in [1.29, 1.82) is 0 Å². The SMILES string of the molecule is COc1ccc(-c2nc(-c3ccc(C[C@H](N)C(=O)O)cc3)no2)cc1[N+](=O)[O-].Cl. The zero-order valence-corrected chi connectivity index (χ0v) is 16.0. The lowest BCUT2D eigenvalue weighted by Gasteiger charge is -2.06. The quantitative estimate of drug-likeness (QED) is 0.433. The summed E-state index contributed by atoms with van der Waals surface area (Å²) in [6, 6.07) is 10.3. The van der Waals surface area contributed by atoms with E-state index in [4.69, 9.17) is 20.1 Å². The number of nitro groups is 1. The molecule has 29 heavy (non-hydrogen) atoms. The number of carbonyl (C=O) groups is 1. The van der Waals surface area contributed by atoms with Crippen molar-refractivity contribution in [1.82, 2.24) is 10.1 Å². The van der Waals surface area contributed by atoms with Gasteiger partial charge in [-0.2, -0.15) is 4.98 Å². The van der Waals surface area contributed by atoms with Crippen molar-refractivity contribution in [3.63, 3.8) is 0 Å². The second-order valence-corrected chi connectivity index (χ2v) is 5.91. The van der Waals surface area contributed by atoms with Gasteiger partial charge in [-0.15, -0.1) is 12.4 Å². The molecule has 0 saturated heterocycles. The molecule has 3 rings (SSSR count). The van der Waals surface area contributed by atoms with Gasteiger partial charge in [0, 0.05) is 17.2 Å². The third kappa shape index (κ3) is 4.86. The van der Waals surface area contributed by atoms with Crippen LogP contribution in [-0.4, -0.2) is 39.3 Å². The second-order valence-electron chi connectivity index (χ2n) is 5.91. The fraction of sp³-hybridized carbons (Fsp3) is 0.167. The smallest absolute Gasteiger partial charge is 0.320 e. The predicted octanol–water partition coefficient (Wildman–Crippen LogP) is 2.70. The van der Waals surface area contributed by atoms with Gasteiger partial charge in [0.2, 0.25) is 5.82 Å². The molecule has 0 spiro atoms. The fourth-order valence-electron chi connectivity index (χ4n) is 2.55. The largest absolute Gasteiger partial charge is 0.490 e. The van der Waals surface area contributed by atoms with Gasteiger partial charge in [0.05, 0.1) is 12.0 Å². The van der Waals surface area contributed by atoms with E-state index in [1.165, 1.54) is 19.2 Å². The number of ether oxygens (including phenoxy) is 1. The predicted molar refractivity (Wildman–Crippen MR) is 105 cm³/mol. The van der Waals surface area contributed by atoms with Crippen molar-refractivity contribution in [2.45, 2.75) is 12.5 Å². The van der Waals surface area contributed by atoms with Gasteiger partial charge in [-0.1, -0.05) is 29.4 Å². The third-order valence-electron chi connectivity index (χ3n) is 4.03. The van der Waals surface area contributed by atoms with Crippen molar-refractivity contribution < 1.29 is 24.1 Å². The van der Waals surface area contributed by atoms with Crippen molar-refractivity contribution in [2.75, 3.05) is 7.11 Å². The number of aromatic nitrogens is 2. The maximum atomic E-state index is 11.2. The number of methoxy groups -OCH3 is 1. The Morgan fingerprint density at radius 2 is 1.93 bits per heavy atom. The molecule has 1 atom stereocenters. The maximum Gasteiger partial charge on any atom is 0.320 e. The van der Waals surface area contributed by atoms with E-state index in [1.807, 2.05) is 0 Å². The second kappa shape index (κ2) is 9.13. The molecule has 0 aliphatic heterocycles. The van der Waals surface area contributed by atoms with Crippen LogP contribution in [0.2, 0.25) is 0 Å². The van der Waals surface area contributed by atoms with Crippen LogP contribution >= 0.6 is 12.4 Å². The van der Waals surface area contributed by atoms with Gasteiger partial charge in [-0.25, -0.2) is 0 Å². The Balaban J connectivity index is 0.00000300. The van der Waals surface area contributed by atoms with Crippen molar-refractivity contribution >= 4 is 24.1 Å². The summed E-state index contributed by atoms with van der Waals surface area (Å²) < 4.78 is 10.2. The van der Waals surface area contributed by atoms with Crippen LogP contribution in [0.25, 0.3) is 22.8 Å². The van der Waals surface area contributed by atoms with Crippen LogP contribution in [0.15, 0.2) is 47.0 Å². The summed E-state index contributed by atoms with van der Waals surface area (Å²) in [5.74, 6) is -0.524. The van der Waals surface area contributed by atoms with Gasteiger partial charge < -0.3 is 20.1 Å². The van der Waals surface area contributed by atoms with Gasteiger partial charge in [0.15, 0.2) is 5.75 Å². The number of benzene rings is 2. The minimum Gasteiger partial charge on any atom is -0.490 e. The lowest BCUT2D eigenvalue weighted by Crippen LogP contribution is -2.32. The average Bonchev–Trinajstić information content (AvgIpc) is 3.18. The van der Waals surface area contributed by atoms with Crippen molar-refractivity contribution in [3.8, 4) is 28.6 Å². The van der Waals surface area contributed by atoms with Gasteiger partial charge in [0.25, 0.3) is 5.89 Å². The van der Waals surface area contributed by atoms with Crippen molar-refractivity contribution in [2.24, 2.45) is 5.73 Å². The molecule has 0 bridgehead atoms. The lowest BCUT2D eigenvalue weighted by molar-refractivity contribution is -0.385. The molecule has 10 nitrogen and oxygen atoms in total. The minimum absolute atomic E-state index is 0. The molecule has 3 N–H and O–H groups in total. The number of halogens is 1. The Morgan fingerprint density at radius 3 is 2.52 bits per heavy atom. The molecule has 1 aromatic heterocycles. The molecule has 3 aromatic rings. The van der Waals surface area contributed by atoms with Crippen LogP contribution < -0.4 is 10.5 Å². The first-order valence-corrected chi connectivity index (χ1v) is 8.13. The zero-order valence-electron chi connectivity index (χ0n) is 15.1. The van der Waals surface area contributed by atoms with E-state index < -0.39 is 16.9 Å². The zero-order chi connectivity index (χ0) is 20.3. The Bertz CT molecular complexity index is 1020. The monoisotopic (exact) mass is 420 g/mol. The fourth-order valence-corrected chi connectivity index (χ4v) is 2.55. The Hall–Kier alpha value is -3.50. The molecule has 0 radical (unpaired) electrons. The molecule has 11 heteroatoms. The van der Waals surface area contributed by atoms with E-state index in [2.05, 4.69) is 10.1 Å². The summed E-state index contributed by atoms with van der Waals surface area (Å²) in [5, 5.41) is 23.9. The van der Waals surface area contributed by atoms with Gasteiger partial charge >= 0.3 is 11.7 Å². The van der Waals surface area contributed by atoms with Gasteiger partial charge in [-0.3, -0.25) is 14.9 Å². The van der Waals surface area contributed by atoms with E-state index in [1.54, 1.807) is 30.3 Å². The number of nitro benzene ring substituents is 1. The van der Waals surface area contributed by atoms with Crippen LogP contribution in [0, 0.1) is 10.1 Å². The highest BCUT2D eigenvalue weighted by atomic mass is 35.5. The summed E-state index contributed by atoms with van der Waals surface area (Å²) >= 11 is 0. The number of rotatable bonds is 7.